The van der Waals surface area contributed by atoms with Crippen molar-refractivity contribution in [1.29, 1.82) is 0 Å². The van der Waals surface area contributed by atoms with E-state index in [0.29, 0.717) is 27.2 Å². The van der Waals surface area contributed by atoms with Gasteiger partial charge in [-0.2, -0.15) is 0 Å². The molecule has 8 heteroatoms. The highest BCUT2D eigenvalue weighted by Gasteiger charge is 2.07. The fraction of sp³-hybridized carbons (Fsp3) is 0.0455. The van der Waals surface area contributed by atoms with Crippen molar-refractivity contribution in [3.63, 3.8) is 0 Å². The van der Waals surface area contributed by atoms with E-state index in [1.54, 1.807) is 60.7 Å². The molecule has 0 atom stereocenters. The van der Waals surface area contributed by atoms with Gasteiger partial charge >= 0.3 is 0 Å². The second-order valence-electron chi connectivity index (χ2n) is 6.08. The van der Waals surface area contributed by atoms with E-state index in [1.807, 2.05) is 0 Å². The van der Waals surface area contributed by atoms with Crippen molar-refractivity contribution in [3.8, 4) is 11.5 Å². The summed E-state index contributed by atoms with van der Waals surface area (Å²) in [6.45, 7) is 0. The average molecular weight is 442 g/mol. The van der Waals surface area contributed by atoms with Crippen LogP contribution in [0.1, 0.15) is 16.1 Å². The molecular weight excluding hydrogens is 425 g/mol. The van der Waals surface area contributed by atoms with Gasteiger partial charge in [-0.05, 0) is 54.1 Å². The molecule has 3 aromatic rings. The third-order valence-electron chi connectivity index (χ3n) is 3.92. The van der Waals surface area contributed by atoms with Crippen LogP contribution in [0.25, 0.3) is 6.08 Å². The number of pyridine rings is 1. The standard InChI is InChI=1S/C22H17Cl2N3O3/c1-25-22(29)20-13-17(10-11-26-20)30-16-6-4-15(5-7-16)27-21(28)9-3-14-2-8-18(23)19(24)12-14/h2-13H,1H3,(H,25,29)(H,27,28)/b9-3+. The first-order chi connectivity index (χ1) is 14.4. The lowest BCUT2D eigenvalue weighted by molar-refractivity contribution is -0.111. The first-order valence-corrected chi connectivity index (χ1v) is 9.60. The number of hydrogen-bond acceptors (Lipinski definition) is 4. The molecule has 6 nitrogen and oxygen atoms in total. The largest absolute Gasteiger partial charge is 0.457 e. The SMILES string of the molecule is CNC(=O)c1cc(Oc2ccc(NC(=O)/C=C/c3ccc(Cl)c(Cl)c3)cc2)ccn1. The smallest absolute Gasteiger partial charge is 0.269 e. The second-order valence-corrected chi connectivity index (χ2v) is 6.89. The number of benzene rings is 2. The summed E-state index contributed by atoms with van der Waals surface area (Å²) in [6, 6.07) is 15.1. The van der Waals surface area contributed by atoms with Crippen LogP contribution in [0, 0.1) is 0 Å². The molecule has 1 heterocycles. The van der Waals surface area contributed by atoms with Crippen molar-refractivity contribution in [2.75, 3.05) is 12.4 Å². The molecule has 0 spiro atoms. The van der Waals surface area contributed by atoms with Crippen molar-refractivity contribution in [1.82, 2.24) is 10.3 Å². The van der Waals surface area contributed by atoms with Crippen molar-refractivity contribution < 1.29 is 14.3 Å². The molecule has 0 saturated carbocycles. The third kappa shape index (κ3) is 5.83. The van der Waals surface area contributed by atoms with Crippen LogP contribution in [-0.4, -0.2) is 23.8 Å². The third-order valence-corrected chi connectivity index (χ3v) is 4.66. The summed E-state index contributed by atoms with van der Waals surface area (Å²) in [5.41, 5.74) is 1.62. The summed E-state index contributed by atoms with van der Waals surface area (Å²) in [4.78, 5) is 27.8. The van der Waals surface area contributed by atoms with Crippen LogP contribution in [0.4, 0.5) is 5.69 Å². The molecule has 0 unspecified atom stereocenters. The molecule has 2 aromatic carbocycles. The van der Waals surface area contributed by atoms with E-state index in [-0.39, 0.29) is 17.5 Å². The number of anilines is 1. The molecule has 0 bridgehead atoms. The molecule has 1 aromatic heterocycles. The summed E-state index contributed by atoms with van der Waals surface area (Å²) < 4.78 is 5.73. The Balaban J connectivity index is 1.60. The van der Waals surface area contributed by atoms with Gasteiger partial charge in [-0.1, -0.05) is 29.3 Å². The highest BCUT2D eigenvalue weighted by molar-refractivity contribution is 6.42. The zero-order valence-electron chi connectivity index (χ0n) is 15.9. The van der Waals surface area contributed by atoms with Crippen LogP contribution in [-0.2, 0) is 4.79 Å². The van der Waals surface area contributed by atoms with Crippen LogP contribution in [0.3, 0.4) is 0 Å². The maximum atomic E-state index is 12.1. The number of carbonyl (C=O) groups is 2. The summed E-state index contributed by atoms with van der Waals surface area (Å²) in [5.74, 6) is 0.435. The highest BCUT2D eigenvalue weighted by atomic mass is 35.5. The molecule has 0 aliphatic heterocycles. The van der Waals surface area contributed by atoms with Crippen LogP contribution in [0.15, 0.2) is 66.9 Å². The van der Waals surface area contributed by atoms with Gasteiger partial charge in [0, 0.05) is 31.1 Å². The maximum absolute atomic E-state index is 12.1. The highest BCUT2D eigenvalue weighted by Crippen LogP contribution is 2.24. The monoisotopic (exact) mass is 441 g/mol. The molecule has 3 rings (SSSR count). The van der Waals surface area contributed by atoms with Crippen LogP contribution in [0.2, 0.25) is 10.0 Å². The summed E-state index contributed by atoms with van der Waals surface area (Å²) in [5, 5.41) is 6.14. The van der Waals surface area contributed by atoms with Crippen molar-refractivity contribution in [2.45, 2.75) is 0 Å². The van der Waals surface area contributed by atoms with E-state index < -0.39 is 0 Å². The van der Waals surface area contributed by atoms with E-state index in [9.17, 15) is 9.59 Å². The van der Waals surface area contributed by atoms with E-state index in [4.69, 9.17) is 27.9 Å². The van der Waals surface area contributed by atoms with Gasteiger partial charge in [0.15, 0.2) is 0 Å². The minimum absolute atomic E-state index is 0.257. The molecule has 0 radical (unpaired) electrons. The number of ether oxygens (including phenoxy) is 1. The van der Waals surface area contributed by atoms with Gasteiger partial charge in [-0.3, -0.25) is 14.6 Å². The number of amides is 2. The summed E-state index contributed by atoms with van der Waals surface area (Å²) in [7, 11) is 1.53. The number of hydrogen-bond donors (Lipinski definition) is 2. The Labute approximate surface area is 183 Å². The first kappa shape index (κ1) is 21.4. The Hall–Kier alpha value is -3.35. The molecule has 30 heavy (non-hydrogen) atoms. The zero-order valence-corrected chi connectivity index (χ0v) is 17.4. The second kappa shape index (κ2) is 9.91. The molecule has 152 valence electrons. The quantitative estimate of drug-likeness (QED) is 0.515. The van der Waals surface area contributed by atoms with Crippen molar-refractivity contribution in [3.05, 3.63) is 88.2 Å². The number of nitrogens with zero attached hydrogens (tertiary/aromatic N) is 1. The lowest BCUT2D eigenvalue weighted by atomic mass is 10.2. The zero-order chi connectivity index (χ0) is 21.5. The number of rotatable bonds is 6. The van der Waals surface area contributed by atoms with Crippen molar-refractivity contribution in [2.24, 2.45) is 0 Å². The van der Waals surface area contributed by atoms with Gasteiger partial charge in [0.2, 0.25) is 5.91 Å². The van der Waals surface area contributed by atoms with Crippen LogP contribution in [0.5, 0.6) is 11.5 Å². The lowest BCUT2D eigenvalue weighted by Gasteiger charge is -2.08. The Kier molecular flexibility index (Phi) is 7.06. The Morgan fingerprint density at radius 2 is 1.73 bits per heavy atom. The van der Waals surface area contributed by atoms with E-state index in [2.05, 4.69) is 15.6 Å². The minimum atomic E-state index is -0.299. The normalized spacial score (nSPS) is 10.6. The fourth-order valence-corrected chi connectivity index (χ4v) is 2.75. The first-order valence-electron chi connectivity index (χ1n) is 8.85. The van der Waals surface area contributed by atoms with Gasteiger partial charge in [-0.15, -0.1) is 0 Å². The van der Waals surface area contributed by atoms with E-state index in [1.165, 1.54) is 19.3 Å². The number of halogens is 2. The van der Waals surface area contributed by atoms with Crippen LogP contribution >= 0.6 is 23.2 Å². The minimum Gasteiger partial charge on any atom is -0.457 e. The fourth-order valence-electron chi connectivity index (χ4n) is 2.44. The topological polar surface area (TPSA) is 80.3 Å². The van der Waals surface area contributed by atoms with Crippen LogP contribution < -0.4 is 15.4 Å². The maximum Gasteiger partial charge on any atom is 0.269 e. The van der Waals surface area contributed by atoms with Gasteiger partial charge < -0.3 is 15.4 Å². The Morgan fingerprint density at radius 1 is 0.967 bits per heavy atom. The predicted octanol–water partition coefficient (Wildman–Crippen LogP) is 5.19. The number of aromatic nitrogens is 1. The molecule has 0 saturated heterocycles. The average Bonchev–Trinajstić information content (AvgIpc) is 2.75. The Morgan fingerprint density at radius 3 is 2.43 bits per heavy atom. The van der Waals surface area contributed by atoms with Gasteiger partial charge in [0.1, 0.15) is 17.2 Å². The van der Waals surface area contributed by atoms with E-state index >= 15 is 0 Å². The Bertz CT molecular complexity index is 1100. The molecule has 2 N–H and O–H groups in total. The number of carbonyl (C=O) groups excluding carboxylic acids is 2. The predicted molar refractivity (Wildman–Crippen MR) is 118 cm³/mol. The van der Waals surface area contributed by atoms with Crippen molar-refractivity contribution >= 4 is 46.8 Å². The van der Waals surface area contributed by atoms with Gasteiger partial charge in [0.05, 0.1) is 10.0 Å². The summed E-state index contributed by atoms with van der Waals surface area (Å²) >= 11 is 11.8. The van der Waals surface area contributed by atoms with Gasteiger partial charge in [0.25, 0.3) is 5.91 Å². The summed E-state index contributed by atoms with van der Waals surface area (Å²) in [6.07, 6.45) is 4.54. The lowest BCUT2D eigenvalue weighted by Crippen LogP contribution is -2.18. The molecule has 0 aliphatic carbocycles. The molecule has 0 fully saturated rings. The van der Waals surface area contributed by atoms with Gasteiger partial charge in [-0.25, -0.2) is 0 Å². The molecule has 0 aliphatic rings. The molecular formula is C22H17Cl2N3O3. The molecule has 2 amide bonds. The number of nitrogens with one attached hydrogen (secondary N) is 2. The van der Waals surface area contributed by atoms with E-state index in [0.717, 1.165) is 5.56 Å².